The first-order chi connectivity index (χ1) is 14.6. The maximum absolute atomic E-state index is 13.2. The van der Waals surface area contributed by atoms with Crippen molar-refractivity contribution in [2.24, 2.45) is 0 Å². The highest BCUT2D eigenvalue weighted by Gasteiger charge is 2.23. The summed E-state index contributed by atoms with van der Waals surface area (Å²) in [7, 11) is 4.05. The van der Waals surface area contributed by atoms with Crippen LogP contribution in [0.3, 0.4) is 0 Å². The van der Waals surface area contributed by atoms with Crippen molar-refractivity contribution in [3.8, 4) is 0 Å². The van der Waals surface area contributed by atoms with E-state index in [9.17, 15) is 4.79 Å². The topological polar surface area (TPSA) is 58.6 Å². The summed E-state index contributed by atoms with van der Waals surface area (Å²) >= 11 is 3.07. The van der Waals surface area contributed by atoms with E-state index < -0.39 is 0 Å². The van der Waals surface area contributed by atoms with Gasteiger partial charge in [-0.2, -0.15) is 0 Å². The second kappa shape index (κ2) is 9.76. The van der Waals surface area contributed by atoms with Crippen molar-refractivity contribution in [3.05, 3.63) is 47.6 Å². The van der Waals surface area contributed by atoms with Crippen molar-refractivity contribution < 1.29 is 9.53 Å². The molecule has 1 amide bonds. The molecule has 3 aromatic rings. The minimum atomic E-state index is 0.106. The molecule has 3 heterocycles. The molecule has 1 aromatic carbocycles. The average Bonchev–Trinajstić information content (AvgIpc) is 3.44. The van der Waals surface area contributed by atoms with Crippen molar-refractivity contribution in [2.45, 2.75) is 30.5 Å². The van der Waals surface area contributed by atoms with E-state index >= 15 is 0 Å². The largest absolute Gasteiger partial charge is 0.378 e. The summed E-state index contributed by atoms with van der Waals surface area (Å²) in [6.45, 7) is 2.01. The fourth-order valence-electron chi connectivity index (χ4n) is 3.51. The number of carbonyl (C=O) groups is 1. The second-order valence-electron chi connectivity index (χ2n) is 7.58. The molecule has 0 unspecified atom stereocenters. The number of hydrogen-bond acceptors (Lipinski definition) is 7. The number of anilines is 1. The molecule has 2 aromatic heterocycles. The highest BCUT2D eigenvalue weighted by Crippen LogP contribution is 2.28. The number of benzene rings is 1. The first kappa shape index (κ1) is 21.1. The van der Waals surface area contributed by atoms with E-state index in [1.807, 2.05) is 30.4 Å². The third-order valence-electron chi connectivity index (χ3n) is 5.18. The Morgan fingerprint density at radius 1 is 1.23 bits per heavy atom. The van der Waals surface area contributed by atoms with Crippen molar-refractivity contribution in [1.82, 2.24) is 14.9 Å². The molecule has 0 aliphatic carbocycles. The molecule has 1 aliphatic rings. The summed E-state index contributed by atoms with van der Waals surface area (Å²) in [5.41, 5.74) is 2.27. The molecule has 0 spiro atoms. The molecule has 1 fully saturated rings. The van der Waals surface area contributed by atoms with Gasteiger partial charge in [0.05, 0.1) is 11.9 Å². The molecule has 4 rings (SSSR count). The molecule has 1 atom stereocenters. The van der Waals surface area contributed by atoms with Crippen LogP contribution in [0.2, 0.25) is 0 Å². The number of thioether (sulfide) groups is 1. The van der Waals surface area contributed by atoms with Gasteiger partial charge in [0.25, 0.3) is 0 Å². The molecule has 1 saturated heterocycles. The van der Waals surface area contributed by atoms with Crippen LogP contribution >= 0.6 is 23.1 Å². The van der Waals surface area contributed by atoms with E-state index in [4.69, 9.17) is 4.74 Å². The Balaban J connectivity index is 1.45. The number of aromatic nitrogens is 2. The Labute approximate surface area is 185 Å². The van der Waals surface area contributed by atoms with E-state index in [0.717, 1.165) is 45.9 Å². The summed E-state index contributed by atoms with van der Waals surface area (Å²) in [5.74, 6) is 0.457. The quantitative estimate of drug-likeness (QED) is 0.387. The third kappa shape index (κ3) is 5.11. The number of nitrogens with zero attached hydrogens (tertiary/aromatic N) is 4. The van der Waals surface area contributed by atoms with E-state index in [-0.39, 0.29) is 12.0 Å². The van der Waals surface area contributed by atoms with Crippen LogP contribution in [0.25, 0.3) is 10.2 Å². The van der Waals surface area contributed by atoms with Gasteiger partial charge in [-0.1, -0.05) is 23.9 Å². The molecule has 8 heteroatoms. The van der Waals surface area contributed by atoms with Gasteiger partial charge in [0.2, 0.25) is 5.91 Å². The van der Waals surface area contributed by atoms with Gasteiger partial charge in [0.1, 0.15) is 16.2 Å². The Morgan fingerprint density at radius 2 is 2.07 bits per heavy atom. The lowest BCUT2D eigenvalue weighted by atomic mass is 10.1. The lowest BCUT2D eigenvalue weighted by Gasteiger charge is -2.26. The van der Waals surface area contributed by atoms with Gasteiger partial charge in [-0.05, 0) is 42.0 Å². The first-order valence-corrected chi connectivity index (χ1v) is 11.9. The maximum Gasteiger partial charge on any atom is 0.233 e. The number of fused-ring (bicyclic) bond motifs is 1. The van der Waals surface area contributed by atoms with Crippen LogP contribution in [-0.2, 0) is 16.1 Å². The standard InChI is InChI=1S/C22H26N4O2S2/c1-25(2)17-7-5-16(6-8-17)12-26(13-18-4-3-10-28-18)20(27)14-30-22-19-9-11-29-21(19)23-15-24-22/h5-9,11,15,18H,3-4,10,12-14H2,1-2H3/t18-/m1/s1. The molecule has 0 N–H and O–H groups in total. The fourth-order valence-corrected chi connectivity index (χ4v) is 5.19. The monoisotopic (exact) mass is 442 g/mol. The van der Waals surface area contributed by atoms with Gasteiger partial charge in [0.15, 0.2) is 0 Å². The van der Waals surface area contributed by atoms with Crippen molar-refractivity contribution >= 4 is 44.9 Å². The number of ether oxygens (including phenoxy) is 1. The molecule has 158 valence electrons. The molecule has 30 heavy (non-hydrogen) atoms. The number of amides is 1. The minimum Gasteiger partial charge on any atom is -0.378 e. The summed E-state index contributed by atoms with van der Waals surface area (Å²) in [6, 6.07) is 10.4. The Hall–Kier alpha value is -2.16. The van der Waals surface area contributed by atoms with Gasteiger partial charge in [-0.25, -0.2) is 9.97 Å². The summed E-state index contributed by atoms with van der Waals surface area (Å²) < 4.78 is 5.81. The average molecular weight is 443 g/mol. The summed E-state index contributed by atoms with van der Waals surface area (Å²) in [5, 5.41) is 3.89. The van der Waals surface area contributed by atoms with E-state index in [1.165, 1.54) is 11.8 Å². The lowest BCUT2D eigenvalue weighted by Crippen LogP contribution is -2.38. The SMILES string of the molecule is CN(C)c1ccc(CN(C[C@H]2CCCO2)C(=O)CSc2ncnc3sccc23)cc1. The first-order valence-electron chi connectivity index (χ1n) is 10.1. The van der Waals surface area contributed by atoms with E-state index in [1.54, 1.807) is 17.7 Å². The third-order valence-corrected chi connectivity index (χ3v) is 7.00. The normalized spacial score (nSPS) is 16.1. The molecule has 0 bridgehead atoms. The smallest absolute Gasteiger partial charge is 0.233 e. The van der Waals surface area contributed by atoms with Gasteiger partial charge >= 0.3 is 0 Å². The molecular weight excluding hydrogens is 416 g/mol. The molecule has 0 radical (unpaired) electrons. The lowest BCUT2D eigenvalue weighted by molar-refractivity contribution is -0.130. The molecular formula is C22H26N4O2S2. The zero-order valence-corrected chi connectivity index (χ0v) is 18.9. The highest BCUT2D eigenvalue weighted by atomic mass is 32.2. The molecule has 0 saturated carbocycles. The predicted molar refractivity (Wildman–Crippen MR) is 123 cm³/mol. The van der Waals surface area contributed by atoms with E-state index in [0.29, 0.717) is 18.8 Å². The maximum atomic E-state index is 13.2. The van der Waals surface area contributed by atoms with Crippen molar-refractivity contribution in [2.75, 3.05) is 37.9 Å². The predicted octanol–water partition coefficient (Wildman–Crippen LogP) is 4.06. The fraction of sp³-hybridized carbons (Fsp3) is 0.409. The zero-order chi connectivity index (χ0) is 20.9. The van der Waals surface area contributed by atoms with Crippen molar-refractivity contribution in [3.63, 3.8) is 0 Å². The number of rotatable bonds is 8. The van der Waals surface area contributed by atoms with Gasteiger partial charge in [0, 0.05) is 44.9 Å². The zero-order valence-electron chi connectivity index (χ0n) is 17.3. The highest BCUT2D eigenvalue weighted by molar-refractivity contribution is 8.00. The Kier molecular flexibility index (Phi) is 6.86. The van der Waals surface area contributed by atoms with Crippen LogP contribution in [0.4, 0.5) is 5.69 Å². The van der Waals surface area contributed by atoms with Crippen LogP contribution in [0, 0.1) is 0 Å². The Bertz CT molecular complexity index is 984. The van der Waals surface area contributed by atoms with E-state index in [2.05, 4.69) is 39.1 Å². The summed E-state index contributed by atoms with van der Waals surface area (Å²) in [6.07, 6.45) is 3.78. The number of carbonyl (C=O) groups excluding carboxylic acids is 1. The number of thiophene rings is 1. The van der Waals surface area contributed by atoms with Crippen LogP contribution in [-0.4, -0.2) is 59.9 Å². The van der Waals surface area contributed by atoms with Gasteiger partial charge in [-0.3, -0.25) is 4.79 Å². The number of hydrogen-bond donors (Lipinski definition) is 0. The van der Waals surface area contributed by atoms with Crippen LogP contribution in [0.5, 0.6) is 0 Å². The van der Waals surface area contributed by atoms with Crippen LogP contribution in [0.1, 0.15) is 18.4 Å². The van der Waals surface area contributed by atoms with Crippen LogP contribution < -0.4 is 4.90 Å². The second-order valence-corrected chi connectivity index (χ2v) is 9.44. The van der Waals surface area contributed by atoms with Gasteiger partial charge in [-0.15, -0.1) is 11.3 Å². The minimum absolute atomic E-state index is 0.106. The van der Waals surface area contributed by atoms with Gasteiger partial charge < -0.3 is 14.5 Å². The molecule has 1 aliphatic heterocycles. The summed E-state index contributed by atoms with van der Waals surface area (Å²) in [4.78, 5) is 26.8. The van der Waals surface area contributed by atoms with Crippen LogP contribution in [0.15, 0.2) is 47.1 Å². The Morgan fingerprint density at radius 3 is 2.80 bits per heavy atom. The molecule has 6 nitrogen and oxygen atoms in total. The van der Waals surface area contributed by atoms with Crippen molar-refractivity contribution in [1.29, 1.82) is 0 Å².